The Morgan fingerprint density at radius 3 is 2.35 bits per heavy atom. The van der Waals surface area contributed by atoms with E-state index in [0.717, 1.165) is 45.4 Å². The topological polar surface area (TPSA) is 78.0 Å². The highest BCUT2D eigenvalue weighted by molar-refractivity contribution is 14.0. The number of morpholine rings is 1. The number of hydrogen-bond donors (Lipinski definition) is 3. The van der Waals surface area contributed by atoms with E-state index in [9.17, 15) is 4.79 Å². The summed E-state index contributed by atoms with van der Waals surface area (Å²) in [4.78, 5) is 19.7. The van der Waals surface area contributed by atoms with Crippen molar-refractivity contribution in [3.63, 3.8) is 0 Å². The molecule has 0 spiro atoms. The average molecular weight is 550 g/mol. The molecule has 1 amide bonds. The number of nitrogens with one attached hydrogen (secondary N) is 3. The maximum absolute atomic E-state index is 12.1. The smallest absolute Gasteiger partial charge is 0.220 e. The quantitative estimate of drug-likeness (QED) is 0.179. The first-order chi connectivity index (χ1) is 14.7. The minimum Gasteiger partial charge on any atom is -0.379 e. The van der Waals surface area contributed by atoms with Crippen molar-refractivity contribution in [1.82, 2.24) is 20.9 Å². The van der Waals surface area contributed by atoms with Crippen LogP contribution in [0.25, 0.3) is 0 Å². The molecule has 0 unspecified atom stereocenters. The number of aliphatic imine (C=N–C) groups is 1. The first-order valence-electron chi connectivity index (χ1n) is 12.3. The van der Waals surface area contributed by atoms with Gasteiger partial charge in [-0.25, -0.2) is 0 Å². The van der Waals surface area contributed by atoms with Gasteiger partial charge in [-0.15, -0.1) is 24.0 Å². The van der Waals surface area contributed by atoms with Crippen molar-refractivity contribution in [1.29, 1.82) is 0 Å². The molecule has 8 heteroatoms. The van der Waals surface area contributed by atoms with Crippen LogP contribution in [0.15, 0.2) is 4.99 Å². The summed E-state index contributed by atoms with van der Waals surface area (Å²) in [7, 11) is 0. The zero-order valence-electron chi connectivity index (χ0n) is 19.4. The van der Waals surface area contributed by atoms with Crippen LogP contribution in [-0.4, -0.2) is 74.8 Å². The number of halogens is 1. The zero-order valence-corrected chi connectivity index (χ0v) is 21.8. The SMILES string of the molecule is CCNC(=NCC1(N2CCOCC2)CCCCC1)NCCNC(=O)CC1CCCC1.I. The van der Waals surface area contributed by atoms with Crippen LogP contribution in [0.5, 0.6) is 0 Å². The van der Waals surface area contributed by atoms with Crippen molar-refractivity contribution in [3.05, 3.63) is 0 Å². The molecule has 3 rings (SSSR count). The molecule has 1 saturated heterocycles. The summed E-state index contributed by atoms with van der Waals surface area (Å²) in [6.45, 7) is 8.82. The highest BCUT2D eigenvalue weighted by Gasteiger charge is 2.38. The molecule has 0 bridgehead atoms. The van der Waals surface area contributed by atoms with Crippen molar-refractivity contribution in [2.75, 3.05) is 52.5 Å². The van der Waals surface area contributed by atoms with Crippen LogP contribution in [0.4, 0.5) is 0 Å². The summed E-state index contributed by atoms with van der Waals surface area (Å²) in [6.07, 6.45) is 12.1. The largest absolute Gasteiger partial charge is 0.379 e. The van der Waals surface area contributed by atoms with Crippen molar-refractivity contribution >= 4 is 35.8 Å². The molecule has 0 radical (unpaired) electrons. The molecule has 3 N–H and O–H groups in total. The monoisotopic (exact) mass is 549 g/mol. The minimum absolute atomic E-state index is 0. The maximum atomic E-state index is 12.1. The fraction of sp³-hybridized carbons (Fsp3) is 0.913. The molecule has 2 saturated carbocycles. The second kappa shape index (κ2) is 14.5. The highest BCUT2D eigenvalue weighted by atomic mass is 127. The maximum Gasteiger partial charge on any atom is 0.220 e. The van der Waals surface area contributed by atoms with Gasteiger partial charge >= 0.3 is 0 Å². The van der Waals surface area contributed by atoms with Gasteiger partial charge in [0.25, 0.3) is 0 Å². The van der Waals surface area contributed by atoms with Gasteiger partial charge < -0.3 is 20.7 Å². The lowest BCUT2D eigenvalue weighted by Crippen LogP contribution is -2.56. The highest BCUT2D eigenvalue weighted by Crippen LogP contribution is 2.34. The molecule has 0 aromatic carbocycles. The Balaban J connectivity index is 0.00000341. The normalized spacial score (nSPS) is 22.5. The van der Waals surface area contributed by atoms with Gasteiger partial charge in [-0.2, -0.15) is 0 Å². The van der Waals surface area contributed by atoms with E-state index in [-0.39, 0.29) is 35.4 Å². The first kappa shape index (κ1) is 26.6. The molecule has 0 atom stereocenters. The number of nitrogens with zero attached hydrogens (tertiary/aromatic N) is 2. The van der Waals surface area contributed by atoms with Gasteiger partial charge in [-0.3, -0.25) is 14.7 Å². The fourth-order valence-electron chi connectivity index (χ4n) is 5.32. The molecule has 180 valence electrons. The third-order valence-electron chi connectivity index (χ3n) is 7.03. The third-order valence-corrected chi connectivity index (χ3v) is 7.03. The fourth-order valence-corrected chi connectivity index (χ4v) is 5.32. The van der Waals surface area contributed by atoms with Crippen LogP contribution in [-0.2, 0) is 9.53 Å². The van der Waals surface area contributed by atoms with Crippen LogP contribution >= 0.6 is 24.0 Å². The molecule has 31 heavy (non-hydrogen) atoms. The predicted molar refractivity (Wildman–Crippen MR) is 137 cm³/mol. The second-order valence-electron chi connectivity index (χ2n) is 9.21. The molecular formula is C23H44IN5O2. The molecule has 3 aliphatic rings. The second-order valence-corrected chi connectivity index (χ2v) is 9.21. The zero-order chi connectivity index (χ0) is 21.1. The molecule has 1 heterocycles. The molecule has 0 aromatic heterocycles. The number of hydrogen-bond acceptors (Lipinski definition) is 4. The lowest BCUT2D eigenvalue weighted by Gasteiger charge is -2.47. The van der Waals surface area contributed by atoms with E-state index in [0.29, 0.717) is 25.4 Å². The van der Waals surface area contributed by atoms with Crippen LogP contribution in [0.1, 0.15) is 71.1 Å². The van der Waals surface area contributed by atoms with E-state index < -0.39 is 0 Å². The molecular weight excluding hydrogens is 505 g/mol. The van der Waals surface area contributed by atoms with Gasteiger partial charge in [0.1, 0.15) is 0 Å². The lowest BCUT2D eigenvalue weighted by atomic mass is 9.80. The Bertz CT molecular complexity index is 542. The molecule has 1 aliphatic heterocycles. The average Bonchev–Trinajstić information content (AvgIpc) is 3.29. The number of carbonyl (C=O) groups is 1. The Labute approximate surface area is 205 Å². The van der Waals surface area contributed by atoms with Gasteiger partial charge in [0, 0.05) is 44.7 Å². The molecule has 2 aliphatic carbocycles. The van der Waals surface area contributed by atoms with Gasteiger partial charge in [-0.05, 0) is 38.5 Å². The van der Waals surface area contributed by atoms with Crippen LogP contribution in [0.2, 0.25) is 0 Å². The minimum atomic E-state index is 0. The molecule has 0 aromatic rings. The Morgan fingerprint density at radius 2 is 1.68 bits per heavy atom. The number of ether oxygens (including phenoxy) is 1. The van der Waals surface area contributed by atoms with E-state index in [1.165, 1.54) is 57.8 Å². The van der Waals surface area contributed by atoms with Gasteiger partial charge in [0.2, 0.25) is 5.91 Å². The Kier molecular flexibility index (Phi) is 12.5. The third kappa shape index (κ3) is 8.68. The summed E-state index contributed by atoms with van der Waals surface area (Å²) < 4.78 is 5.59. The van der Waals surface area contributed by atoms with Gasteiger partial charge in [0.05, 0.1) is 19.8 Å². The number of rotatable bonds is 9. The number of amides is 1. The van der Waals surface area contributed by atoms with Gasteiger partial charge in [-0.1, -0.05) is 32.1 Å². The summed E-state index contributed by atoms with van der Waals surface area (Å²) in [6, 6.07) is 0. The van der Waals surface area contributed by atoms with Crippen molar-refractivity contribution in [3.8, 4) is 0 Å². The Hall–Kier alpha value is -0.610. The van der Waals surface area contributed by atoms with E-state index in [1.54, 1.807) is 0 Å². The number of carbonyl (C=O) groups excluding carboxylic acids is 1. The summed E-state index contributed by atoms with van der Waals surface area (Å²) in [5.41, 5.74) is 0.180. The van der Waals surface area contributed by atoms with Crippen molar-refractivity contribution < 1.29 is 9.53 Å². The van der Waals surface area contributed by atoms with E-state index in [2.05, 4.69) is 27.8 Å². The van der Waals surface area contributed by atoms with E-state index >= 15 is 0 Å². The summed E-state index contributed by atoms with van der Waals surface area (Å²) in [5, 5.41) is 9.85. The van der Waals surface area contributed by atoms with Crippen LogP contribution < -0.4 is 16.0 Å². The predicted octanol–water partition coefficient (Wildman–Crippen LogP) is 2.89. The first-order valence-corrected chi connectivity index (χ1v) is 12.3. The Morgan fingerprint density at radius 1 is 1.00 bits per heavy atom. The van der Waals surface area contributed by atoms with Gasteiger partial charge in [0.15, 0.2) is 5.96 Å². The van der Waals surface area contributed by atoms with Crippen LogP contribution in [0, 0.1) is 5.92 Å². The standard InChI is InChI=1S/C23H43N5O2.HI/c1-2-24-22(26-13-12-25-21(29)18-20-8-4-5-9-20)27-19-23(10-6-3-7-11-23)28-14-16-30-17-15-28;/h20H,2-19H2,1H3,(H,25,29)(H2,24,26,27);1H. The van der Waals surface area contributed by atoms with Crippen molar-refractivity contribution in [2.24, 2.45) is 10.9 Å². The van der Waals surface area contributed by atoms with E-state index in [4.69, 9.17) is 9.73 Å². The molecule has 7 nitrogen and oxygen atoms in total. The number of guanidine groups is 1. The molecule has 3 fully saturated rings. The lowest BCUT2D eigenvalue weighted by molar-refractivity contribution is -0.121. The van der Waals surface area contributed by atoms with Crippen LogP contribution in [0.3, 0.4) is 0 Å². The summed E-state index contributed by atoms with van der Waals surface area (Å²) in [5.74, 6) is 1.66. The summed E-state index contributed by atoms with van der Waals surface area (Å²) >= 11 is 0. The van der Waals surface area contributed by atoms with E-state index in [1.807, 2.05) is 0 Å². The van der Waals surface area contributed by atoms with Crippen molar-refractivity contribution in [2.45, 2.75) is 76.7 Å².